The minimum absolute atomic E-state index is 0.0618. The highest BCUT2D eigenvalue weighted by atomic mass is 32.2. The summed E-state index contributed by atoms with van der Waals surface area (Å²) < 4.78 is 43.3. The maximum Gasteiger partial charge on any atom is 0.362 e. The number of unbranched alkanes of at least 4 members (excludes halogenated alkanes) is 2. The van der Waals surface area contributed by atoms with Crippen molar-refractivity contribution in [3.05, 3.63) is 81.8 Å². The highest BCUT2D eigenvalue weighted by molar-refractivity contribution is 8.13. The van der Waals surface area contributed by atoms with Crippen LogP contribution in [0.15, 0.2) is 70.3 Å². The third-order valence-electron chi connectivity index (χ3n) is 4.88. The normalized spacial score (nSPS) is 13.8. The number of rotatable bonds is 13. The van der Waals surface area contributed by atoms with Crippen LogP contribution < -0.4 is 5.43 Å². The van der Waals surface area contributed by atoms with Crippen LogP contribution in [0.25, 0.3) is 0 Å². The van der Waals surface area contributed by atoms with Gasteiger partial charge < -0.3 is 0 Å². The molecule has 0 heterocycles. The Morgan fingerprint density at radius 1 is 1.11 bits per heavy atom. The summed E-state index contributed by atoms with van der Waals surface area (Å²) in [5, 5.41) is 0.856. The molecule has 0 fully saturated rings. The summed E-state index contributed by atoms with van der Waals surface area (Å²) in [5.74, 6) is -3.65. The first-order chi connectivity index (χ1) is 16.7. The van der Waals surface area contributed by atoms with Crippen LogP contribution in [0.3, 0.4) is 0 Å². The first-order valence-corrected chi connectivity index (χ1v) is 12.6. The summed E-state index contributed by atoms with van der Waals surface area (Å²) in [6.07, 6.45) is 11.1. The molecule has 9 heteroatoms. The van der Waals surface area contributed by atoms with Crippen LogP contribution in [0.4, 0.5) is 18.9 Å². The quantitative estimate of drug-likeness (QED) is 0.0738. The Hall–Kier alpha value is -2.94. The lowest BCUT2D eigenvalue weighted by atomic mass is 10.0. The number of ketones is 1. The molecule has 0 aromatic heterocycles. The lowest BCUT2D eigenvalue weighted by Crippen LogP contribution is -2.25. The van der Waals surface area contributed by atoms with Gasteiger partial charge in [-0.3, -0.25) is 9.79 Å². The minimum Gasteiger partial charge on any atom is -0.294 e. The van der Waals surface area contributed by atoms with Crippen molar-refractivity contribution >= 4 is 28.3 Å². The van der Waals surface area contributed by atoms with Crippen molar-refractivity contribution in [1.82, 2.24) is 5.43 Å². The molecular weight excluding hydrogens is 475 g/mol. The van der Waals surface area contributed by atoms with Gasteiger partial charge in [-0.15, -0.1) is 17.2 Å². The van der Waals surface area contributed by atoms with E-state index in [0.29, 0.717) is 18.4 Å². The molecule has 0 saturated heterocycles. The second-order valence-corrected chi connectivity index (χ2v) is 8.66. The first-order valence-electron chi connectivity index (χ1n) is 11.4. The third-order valence-corrected chi connectivity index (χ3v) is 5.58. The second-order valence-electron chi connectivity index (χ2n) is 7.66. The molecule has 0 bridgehead atoms. The number of para-hydroxylation sites is 1. The highest BCUT2D eigenvalue weighted by Gasteiger charge is 2.28. The van der Waals surface area contributed by atoms with Crippen molar-refractivity contribution in [3.8, 4) is 0 Å². The predicted octanol–water partition coefficient (Wildman–Crippen LogP) is 7.79. The number of thioether (sulfide) groups is 1. The van der Waals surface area contributed by atoms with E-state index in [2.05, 4.69) is 10.4 Å². The number of benzene rings is 1. The van der Waals surface area contributed by atoms with Crippen molar-refractivity contribution in [2.75, 3.05) is 6.26 Å². The van der Waals surface area contributed by atoms with E-state index < -0.39 is 28.9 Å². The monoisotopic (exact) mass is 508 g/mol. The maximum absolute atomic E-state index is 15.3. The fraction of sp³-hybridized carbons (Fsp3) is 0.385. The van der Waals surface area contributed by atoms with E-state index in [0.717, 1.165) is 36.1 Å². The van der Waals surface area contributed by atoms with Crippen LogP contribution in [-0.2, 0) is 4.79 Å². The molecule has 0 unspecified atom stereocenters. The largest absolute Gasteiger partial charge is 0.362 e. The van der Waals surface area contributed by atoms with Crippen LogP contribution in [0.2, 0.25) is 0 Å². The fourth-order valence-corrected chi connectivity index (χ4v) is 2.95. The van der Waals surface area contributed by atoms with Crippen LogP contribution in [0.5, 0.6) is 0 Å². The average molecular weight is 509 g/mol. The zero-order chi connectivity index (χ0) is 26.4. The van der Waals surface area contributed by atoms with Gasteiger partial charge in [-0.1, -0.05) is 44.9 Å². The Labute approximate surface area is 209 Å². The molecule has 0 saturated carbocycles. The van der Waals surface area contributed by atoms with Gasteiger partial charge in [0.05, 0.1) is 9.95 Å². The Morgan fingerprint density at radius 3 is 2.29 bits per heavy atom. The van der Waals surface area contributed by atoms with E-state index in [1.807, 2.05) is 33.1 Å². The molecule has 35 heavy (non-hydrogen) atoms. The van der Waals surface area contributed by atoms with Crippen LogP contribution >= 0.6 is 11.8 Å². The van der Waals surface area contributed by atoms with Gasteiger partial charge in [0, 0.05) is 18.2 Å². The number of aliphatic imine (C=N–C) groups is 1. The number of hydrogen-bond acceptors (Lipinski definition) is 4. The van der Waals surface area contributed by atoms with Gasteiger partial charge in [0.1, 0.15) is 5.70 Å². The third kappa shape index (κ3) is 10.1. The van der Waals surface area contributed by atoms with Crippen molar-refractivity contribution in [2.24, 2.45) is 4.99 Å². The maximum atomic E-state index is 15.3. The number of hydrazine groups is 1. The van der Waals surface area contributed by atoms with Gasteiger partial charge in [-0.25, -0.2) is 4.39 Å². The van der Waals surface area contributed by atoms with Crippen molar-refractivity contribution in [3.63, 3.8) is 0 Å². The lowest BCUT2D eigenvalue weighted by molar-refractivity contribution is -0.523. The molecule has 0 aliphatic carbocycles. The van der Waals surface area contributed by atoms with Gasteiger partial charge in [-0.2, -0.15) is 8.78 Å². The predicted molar refractivity (Wildman–Crippen MR) is 138 cm³/mol. The molecule has 0 spiro atoms. The number of nitroso groups, excluding NO2 is 1. The number of carbonyl (C=O) groups excluding carboxylic acids is 1. The zero-order valence-electron chi connectivity index (χ0n) is 20.8. The molecule has 5 nitrogen and oxygen atoms in total. The lowest BCUT2D eigenvalue weighted by Gasteiger charge is -2.08. The molecule has 0 aliphatic rings. The Morgan fingerprint density at radius 2 is 1.71 bits per heavy atom. The smallest absolute Gasteiger partial charge is 0.294 e. The van der Waals surface area contributed by atoms with Crippen molar-refractivity contribution in [1.29, 1.82) is 0 Å². The van der Waals surface area contributed by atoms with Crippen LogP contribution in [0, 0.1) is 16.5 Å². The molecule has 1 aromatic rings. The zero-order valence-corrected chi connectivity index (χ0v) is 21.6. The van der Waals surface area contributed by atoms with E-state index >= 15 is 4.39 Å². The summed E-state index contributed by atoms with van der Waals surface area (Å²) in [5.41, 5.74) is 1.40. The van der Waals surface area contributed by atoms with E-state index in [1.165, 1.54) is 24.8 Å². The molecule has 1 N–H and O–H groups in total. The molecule has 0 amide bonds. The topological polar surface area (TPSA) is 61.5 Å². The Bertz CT molecular complexity index is 1040. The number of allylic oxidation sites excluding steroid dienone is 6. The van der Waals surface area contributed by atoms with Gasteiger partial charge in [0.2, 0.25) is 11.6 Å². The van der Waals surface area contributed by atoms with E-state index in [1.54, 1.807) is 12.3 Å². The number of nitrogens with zero attached hydrogens (tertiary/aromatic N) is 2. The first kappa shape index (κ1) is 30.1. The molecule has 1 aromatic carbocycles. The molecule has 1 rings (SSSR count). The summed E-state index contributed by atoms with van der Waals surface area (Å²) in [4.78, 5) is 29.4. The summed E-state index contributed by atoms with van der Waals surface area (Å²) in [6, 6.07) is 2.96. The number of carbonyl (C=O) groups is 1. The van der Waals surface area contributed by atoms with Crippen LogP contribution in [0.1, 0.15) is 59.8 Å². The molecule has 190 valence electrons. The molecule has 0 radical (unpaired) electrons. The van der Waals surface area contributed by atoms with Crippen molar-refractivity contribution in [2.45, 2.75) is 59.8 Å². The summed E-state index contributed by atoms with van der Waals surface area (Å²) >= 11 is 1.50. The number of hydrogen-bond donors (Lipinski definition) is 1. The van der Waals surface area contributed by atoms with E-state index in [-0.39, 0.29) is 22.6 Å². The standard InChI is InChI=1S/C26H33F3N3O2S/c1-6-8-11-20(15-16-30-19(4)35-5)17-24(33)18(3)25(29)23(14-9-7-2)31-32(34)26-21(27)12-10-13-22(26)28/h10-16H,6-9,17H2,1-5H3,(H,31,34)/q+1/b16-15-,20-11-,23-14+,25-18-,30-19?. The fourth-order valence-electron chi connectivity index (χ4n) is 2.78. The van der Waals surface area contributed by atoms with Gasteiger partial charge in [0.15, 0.2) is 16.5 Å². The molecular formula is C26H33F3N3O2S+. The van der Waals surface area contributed by atoms with Gasteiger partial charge in [-0.05, 0) is 56.7 Å². The van der Waals surface area contributed by atoms with Gasteiger partial charge in [0.25, 0.3) is 0 Å². The average Bonchev–Trinajstić information content (AvgIpc) is 2.83. The Kier molecular flexibility index (Phi) is 13.6. The Balaban J connectivity index is 3.22. The van der Waals surface area contributed by atoms with Gasteiger partial charge >= 0.3 is 5.69 Å². The molecule has 0 atom stereocenters. The van der Waals surface area contributed by atoms with E-state index in [9.17, 15) is 18.5 Å². The SMILES string of the molecule is CCC/C=C(/C=C\N=C(C)SC)CC(=O)/C(C)=C(F)/C(=C\CCC)N[N+](=O)c1c(F)cccc1F. The van der Waals surface area contributed by atoms with Crippen LogP contribution in [-0.4, -0.2) is 22.0 Å². The highest BCUT2D eigenvalue weighted by Crippen LogP contribution is 2.24. The summed E-state index contributed by atoms with van der Waals surface area (Å²) in [6.45, 7) is 7.03. The second kappa shape index (κ2) is 15.9. The molecule has 0 aliphatic heterocycles. The van der Waals surface area contributed by atoms with E-state index in [4.69, 9.17) is 0 Å². The number of halogens is 3. The number of Topliss-reactive ketones (excluding diaryl/α,β-unsaturated/α-hetero) is 1. The number of nitrogens with one attached hydrogen (secondary N) is 1. The minimum atomic E-state index is -1.10. The summed E-state index contributed by atoms with van der Waals surface area (Å²) in [7, 11) is 0. The van der Waals surface area contributed by atoms with Crippen molar-refractivity contribution < 1.29 is 22.8 Å².